The van der Waals surface area contributed by atoms with Gasteiger partial charge in [-0.2, -0.15) is 0 Å². The van der Waals surface area contributed by atoms with Crippen molar-refractivity contribution in [3.05, 3.63) is 29.8 Å². The number of nitrogen functional groups attached to an aromatic ring is 1. The van der Waals surface area contributed by atoms with Gasteiger partial charge >= 0.3 is 6.09 Å². The monoisotopic (exact) mass is 232 g/mol. The van der Waals surface area contributed by atoms with Gasteiger partial charge in [-0.15, -0.1) is 0 Å². The number of nitrogens with one attached hydrogen (secondary N) is 1. The number of hydrogen-bond donors (Lipinski definition) is 3. The quantitative estimate of drug-likeness (QED) is 0.685. The van der Waals surface area contributed by atoms with Crippen LogP contribution in [0, 0.1) is 0 Å². The number of carboxylic acid groups (broad SMARTS) is 1. The number of anilines is 2. The van der Waals surface area contributed by atoms with E-state index in [-0.39, 0.29) is 0 Å². The van der Waals surface area contributed by atoms with Crippen molar-refractivity contribution in [2.75, 3.05) is 11.1 Å². The van der Waals surface area contributed by atoms with Crippen LogP contribution in [0.15, 0.2) is 24.3 Å². The highest BCUT2D eigenvalue weighted by molar-refractivity contribution is 5.88. The predicted molar refractivity (Wildman–Crippen MR) is 68.9 cm³/mol. The summed E-state index contributed by atoms with van der Waals surface area (Å²) in [4.78, 5) is 10.5. The lowest BCUT2D eigenvalue weighted by atomic mass is 9.93. The Morgan fingerprint density at radius 2 is 2.18 bits per heavy atom. The van der Waals surface area contributed by atoms with E-state index in [0.717, 1.165) is 18.4 Å². The zero-order valence-electron chi connectivity index (χ0n) is 9.57. The predicted octanol–water partition coefficient (Wildman–Crippen LogP) is 3.32. The summed E-state index contributed by atoms with van der Waals surface area (Å²) in [6, 6.07) is 5.47. The molecule has 4 N–H and O–H groups in total. The number of benzene rings is 1. The fourth-order valence-electron chi connectivity index (χ4n) is 2.09. The van der Waals surface area contributed by atoms with Gasteiger partial charge in [0.1, 0.15) is 0 Å². The molecule has 0 fully saturated rings. The average molecular weight is 232 g/mol. The Morgan fingerprint density at radius 1 is 1.35 bits per heavy atom. The molecule has 1 aromatic rings. The fraction of sp³-hybridized carbons (Fsp3) is 0.308. The molecule has 1 aromatic carbocycles. The third kappa shape index (κ3) is 2.78. The highest BCUT2D eigenvalue weighted by Gasteiger charge is 2.09. The number of carbonyl (C=O) groups is 1. The maximum atomic E-state index is 10.5. The molecule has 4 nitrogen and oxygen atoms in total. The molecule has 17 heavy (non-hydrogen) atoms. The van der Waals surface area contributed by atoms with Crippen LogP contribution in [0.25, 0.3) is 5.57 Å². The Morgan fingerprint density at radius 3 is 2.76 bits per heavy atom. The molecular formula is C13H16N2O2. The van der Waals surface area contributed by atoms with E-state index in [1.807, 2.05) is 12.1 Å². The fourth-order valence-corrected chi connectivity index (χ4v) is 2.09. The molecule has 90 valence electrons. The Hall–Kier alpha value is -1.97. The number of allylic oxidation sites excluding steroid dienone is 2. The first-order chi connectivity index (χ1) is 8.16. The molecule has 4 heteroatoms. The molecule has 0 saturated heterocycles. The topological polar surface area (TPSA) is 75.3 Å². The molecule has 0 atom stereocenters. The largest absolute Gasteiger partial charge is 0.465 e. The van der Waals surface area contributed by atoms with Gasteiger partial charge in [0.2, 0.25) is 0 Å². The summed E-state index contributed by atoms with van der Waals surface area (Å²) in [5.41, 5.74) is 9.14. The zero-order valence-corrected chi connectivity index (χ0v) is 9.57. The molecule has 0 radical (unpaired) electrons. The minimum Gasteiger partial charge on any atom is -0.465 e. The number of nitrogens with two attached hydrogens (primary N) is 1. The maximum Gasteiger partial charge on any atom is 0.409 e. The van der Waals surface area contributed by atoms with Crippen LogP contribution in [0.2, 0.25) is 0 Å². The second kappa shape index (κ2) is 4.91. The van der Waals surface area contributed by atoms with Gasteiger partial charge in [0.25, 0.3) is 0 Å². The molecule has 0 bridgehead atoms. The second-order valence-corrected chi connectivity index (χ2v) is 4.21. The zero-order chi connectivity index (χ0) is 12.3. The summed E-state index contributed by atoms with van der Waals surface area (Å²) in [7, 11) is 0. The van der Waals surface area contributed by atoms with Gasteiger partial charge in [0.15, 0.2) is 0 Å². The average Bonchev–Trinajstić information content (AvgIpc) is 2.32. The van der Waals surface area contributed by atoms with Gasteiger partial charge in [-0.25, -0.2) is 4.79 Å². The summed E-state index contributed by atoms with van der Waals surface area (Å²) >= 11 is 0. The molecule has 0 saturated carbocycles. The molecule has 1 aliphatic carbocycles. The van der Waals surface area contributed by atoms with Crippen LogP contribution in [0.4, 0.5) is 16.2 Å². The van der Waals surface area contributed by atoms with E-state index in [1.165, 1.54) is 18.4 Å². The van der Waals surface area contributed by atoms with Crippen LogP contribution in [-0.4, -0.2) is 11.2 Å². The first-order valence-corrected chi connectivity index (χ1v) is 5.75. The standard InChI is InChI=1S/C13H16N2O2/c14-11-8-10(9-4-2-1-3-5-9)6-7-12(11)15-13(16)17/h4,6-8,15H,1-3,5,14H2,(H,16,17). The minimum atomic E-state index is -1.10. The summed E-state index contributed by atoms with van der Waals surface area (Å²) in [5, 5.41) is 10.9. The summed E-state index contributed by atoms with van der Waals surface area (Å²) in [5.74, 6) is 0. The van der Waals surface area contributed by atoms with E-state index in [2.05, 4.69) is 11.4 Å². The van der Waals surface area contributed by atoms with E-state index in [4.69, 9.17) is 10.8 Å². The van der Waals surface area contributed by atoms with Gasteiger partial charge < -0.3 is 10.8 Å². The Balaban J connectivity index is 2.24. The SMILES string of the molecule is Nc1cc(C2=CCCCC2)ccc1NC(=O)O. The van der Waals surface area contributed by atoms with Gasteiger partial charge in [-0.3, -0.25) is 5.32 Å². The van der Waals surface area contributed by atoms with Crippen molar-refractivity contribution in [3.63, 3.8) is 0 Å². The van der Waals surface area contributed by atoms with E-state index >= 15 is 0 Å². The first-order valence-electron chi connectivity index (χ1n) is 5.75. The molecule has 0 unspecified atom stereocenters. The number of amides is 1. The molecular weight excluding hydrogens is 216 g/mol. The van der Waals surface area contributed by atoms with Crippen molar-refractivity contribution < 1.29 is 9.90 Å². The van der Waals surface area contributed by atoms with Crippen LogP contribution in [0.5, 0.6) is 0 Å². The van der Waals surface area contributed by atoms with Gasteiger partial charge in [-0.1, -0.05) is 12.1 Å². The van der Waals surface area contributed by atoms with E-state index in [0.29, 0.717) is 11.4 Å². The van der Waals surface area contributed by atoms with Crippen molar-refractivity contribution in [1.29, 1.82) is 0 Å². The van der Waals surface area contributed by atoms with Crippen LogP contribution in [-0.2, 0) is 0 Å². The normalized spacial score (nSPS) is 15.2. The second-order valence-electron chi connectivity index (χ2n) is 4.21. The van der Waals surface area contributed by atoms with Crippen molar-refractivity contribution >= 4 is 23.0 Å². The lowest BCUT2D eigenvalue weighted by molar-refractivity contribution is 0.210. The summed E-state index contributed by atoms with van der Waals surface area (Å²) in [6.07, 6.45) is 5.79. The minimum absolute atomic E-state index is 0.442. The molecule has 2 rings (SSSR count). The van der Waals surface area contributed by atoms with Crippen molar-refractivity contribution in [1.82, 2.24) is 0 Å². The Bertz CT molecular complexity index is 466. The lowest BCUT2D eigenvalue weighted by Crippen LogP contribution is -2.09. The Kier molecular flexibility index (Phi) is 3.32. The first kappa shape index (κ1) is 11.5. The molecule has 0 spiro atoms. The molecule has 0 heterocycles. The van der Waals surface area contributed by atoms with E-state index in [1.54, 1.807) is 6.07 Å². The third-order valence-electron chi connectivity index (χ3n) is 2.95. The van der Waals surface area contributed by atoms with E-state index in [9.17, 15) is 4.79 Å². The van der Waals surface area contributed by atoms with Crippen molar-refractivity contribution in [2.24, 2.45) is 0 Å². The van der Waals surface area contributed by atoms with Crippen molar-refractivity contribution in [3.8, 4) is 0 Å². The van der Waals surface area contributed by atoms with Gasteiger partial charge in [0, 0.05) is 0 Å². The highest BCUT2D eigenvalue weighted by Crippen LogP contribution is 2.30. The molecule has 0 aromatic heterocycles. The highest BCUT2D eigenvalue weighted by atomic mass is 16.4. The van der Waals surface area contributed by atoms with Crippen LogP contribution in [0.3, 0.4) is 0 Å². The van der Waals surface area contributed by atoms with Gasteiger partial charge in [-0.05, 0) is 49.0 Å². The third-order valence-corrected chi connectivity index (χ3v) is 2.95. The van der Waals surface area contributed by atoms with Crippen LogP contribution < -0.4 is 11.1 Å². The summed E-state index contributed by atoms with van der Waals surface area (Å²) < 4.78 is 0. The molecule has 1 amide bonds. The number of rotatable bonds is 2. The molecule has 0 aliphatic heterocycles. The maximum absolute atomic E-state index is 10.5. The number of hydrogen-bond acceptors (Lipinski definition) is 2. The smallest absolute Gasteiger partial charge is 0.409 e. The van der Waals surface area contributed by atoms with Crippen LogP contribution >= 0.6 is 0 Å². The summed E-state index contributed by atoms with van der Waals surface area (Å²) in [6.45, 7) is 0. The van der Waals surface area contributed by atoms with Gasteiger partial charge in [0.05, 0.1) is 11.4 Å². The molecule has 1 aliphatic rings. The van der Waals surface area contributed by atoms with E-state index < -0.39 is 6.09 Å². The Labute approximate surface area is 100 Å². The van der Waals surface area contributed by atoms with Crippen molar-refractivity contribution in [2.45, 2.75) is 25.7 Å². The van der Waals surface area contributed by atoms with Crippen LogP contribution in [0.1, 0.15) is 31.2 Å². The lowest BCUT2D eigenvalue weighted by Gasteiger charge is -2.14.